The molecule has 0 fully saturated rings. The second-order valence-electron chi connectivity index (χ2n) is 4.03. The van der Waals surface area contributed by atoms with E-state index >= 15 is 0 Å². The van der Waals surface area contributed by atoms with Gasteiger partial charge < -0.3 is 5.11 Å². The average Bonchev–Trinajstić information content (AvgIpc) is 2.01. The zero-order chi connectivity index (χ0) is 13.4. The number of aliphatic hydroxyl groups is 1. The van der Waals surface area contributed by atoms with Crippen molar-refractivity contribution in [2.45, 2.75) is 46.7 Å². The SMILES string of the molecule is CCN(C(C)C)C(C)C.O=S(=O)(O)CCO. The molecule has 0 aromatic carbocycles. The second-order valence-corrected chi connectivity index (χ2v) is 5.60. The summed E-state index contributed by atoms with van der Waals surface area (Å²) in [6, 6.07) is 1.38. The number of hydrogen-bond acceptors (Lipinski definition) is 4. The first-order chi connectivity index (χ1) is 7.15. The van der Waals surface area contributed by atoms with Crippen LogP contribution in [0.3, 0.4) is 0 Å². The molecule has 0 unspecified atom stereocenters. The maximum absolute atomic E-state index is 9.63. The lowest BCUT2D eigenvalue weighted by molar-refractivity contribution is 0.185. The van der Waals surface area contributed by atoms with Crippen molar-refractivity contribution in [1.29, 1.82) is 0 Å². The Morgan fingerprint density at radius 1 is 1.12 bits per heavy atom. The highest BCUT2D eigenvalue weighted by atomic mass is 32.2. The molecule has 0 radical (unpaired) electrons. The van der Waals surface area contributed by atoms with Gasteiger partial charge in [0.2, 0.25) is 0 Å². The van der Waals surface area contributed by atoms with Gasteiger partial charge in [0.1, 0.15) is 0 Å². The van der Waals surface area contributed by atoms with Crippen molar-refractivity contribution < 1.29 is 18.1 Å². The first-order valence-electron chi connectivity index (χ1n) is 5.47. The monoisotopic (exact) mass is 255 g/mol. The van der Waals surface area contributed by atoms with E-state index in [1.807, 2.05) is 0 Å². The van der Waals surface area contributed by atoms with Crippen LogP contribution in [0.4, 0.5) is 0 Å². The van der Waals surface area contributed by atoms with E-state index in [-0.39, 0.29) is 0 Å². The molecule has 0 aromatic rings. The van der Waals surface area contributed by atoms with Gasteiger partial charge in [-0.25, -0.2) is 0 Å². The molecule has 0 bridgehead atoms. The molecule has 2 N–H and O–H groups in total. The Bertz CT molecular complexity index is 242. The van der Waals surface area contributed by atoms with Gasteiger partial charge in [-0.3, -0.25) is 9.45 Å². The van der Waals surface area contributed by atoms with Crippen LogP contribution >= 0.6 is 0 Å². The number of hydrogen-bond donors (Lipinski definition) is 2. The Balaban J connectivity index is 0. The predicted octanol–water partition coefficient (Wildman–Crippen LogP) is 0.992. The van der Waals surface area contributed by atoms with Crippen LogP contribution in [0.5, 0.6) is 0 Å². The molecule has 0 rings (SSSR count). The normalized spacial score (nSPS) is 11.9. The molecule has 0 heterocycles. The van der Waals surface area contributed by atoms with Crippen molar-refractivity contribution in [3.8, 4) is 0 Å². The molecule has 100 valence electrons. The Kier molecular flexibility index (Phi) is 10.2. The largest absolute Gasteiger partial charge is 0.395 e. The van der Waals surface area contributed by atoms with Crippen molar-refractivity contribution >= 4 is 10.1 Å². The van der Waals surface area contributed by atoms with Crippen molar-refractivity contribution in [3.05, 3.63) is 0 Å². The number of rotatable bonds is 5. The van der Waals surface area contributed by atoms with E-state index in [0.717, 1.165) is 6.54 Å². The van der Waals surface area contributed by atoms with Gasteiger partial charge >= 0.3 is 0 Å². The van der Waals surface area contributed by atoms with E-state index in [1.54, 1.807) is 0 Å². The van der Waals surface area contributed by atoms with Gasteiger partial charge in [-0.2, -0.15) is 8.42 Å². The molecular formula is C10H25NO4S. The van der Waals surface area contributed by atoms with Crippen LogP contribution in [0.2, 0.25) is 0 Å². The van der Waals surface area contributed by atoms with Crippen LogP contribution in [0.15, 0.2) is 0 Å². The van der Waals surface area contributed by atoms with Crippen LogP contribution in [0.25, 0.3) is 0 Å². The van der Waals surface area contributed by atoms with E-state index in [0.29, 0.717) is 12.1 Å². The first-order valence-corrected chi connectivity index (χ1v) is 7.08. The van der Waals surface area contributed by atoms with E-state index in [1.165, 1.54) is 0 Å². The minimum Gasteiger partial charge on any atom is -0.395 e. The molecule has 5 nitrogen and oxygen atoms in total. The molecule has 6 heteroatoms. The summed E-state index contributed by atoms with van der Waals surface area (Å²) in [6.45, 7) is 11.8. The molecule has 0 atom stereocenters. The summed E-state index contributed by atoms with van der Waals surface area (Å²) < 4.78 is 27.1. The molecule has 16 heavy (non-hydrogen) atoms. The Morgan fingerprint density at radius 2 is 1.50 bits per heavy atom. The van der Waals surface area contributed by atoms with Gasteiger partial charge in [0, 0.05) is 12.1 Å². The maximum Gasteiger partial charge on any atom is 0.267 e. The molecule has 0 saturated carbocycles. The van der Waals surface area contributed by atoms with Crippen molar-refractivity contribution in [1.82, 2.24) is 4.90 Å². The standard InChI is InChI=1S/C8H19N.C2H6O4S/c1-6-9(7(2)3)8(4)5;3-1-2-7(4,5)6/h7-8H,6H2,1-5H3;3H,1-2H2,(H,4,5,6). The molecule has 0 spiro atoms. The molecule has 0 amide bonds. The Morgan fingerprint density at radius 3 is 1.50 bits per heavy atom. The van der Waals surface area contributed by atoms with Gasteiger partial charge in [-0.05, 0) is 34.2 Å². The highest BCUT2D eigenvalue weighted by Crippen LogP contribution is 2.02. The summed E-state index contributed by atoms with van der Waals surface area (Å²) in [7, 11) is -3.92. The molecule has 0 aromatic heterocycles. The van der Waals surface area contributed by atoms with Crippen LogP contribution in [-0.2, 0) is 10.1 Å². The predicted molar refractivity (Wildman–Crippen MR) is 66.2 cm³/mol. The van der Waals surface area contributed by atoms with Crippen LogP contribution in [0.1, 0.15) is 34.6 Å². The van der Waals surface area contributed by atoms with Gasteiger partial charge in [-0.1, -0.05) is 6.92 Å². The lowest BCUT2D eigenvalue weighted by atomic mass is 10.2. The summed E-state index contributed by atoms with van der Waals surface area (Å²) in [4.78, 5) is 2.46. The molecule has 0 saturated heterocycles. The smallest absolute Gasteiger partial charge is 0.267 e. The minimum absolute atomic E-state index is 0.529. The minimum atomic E-state index is -3.92. The summed E-state index contributed by atoms with van der Waals surface area (Å²) in [5, 5.41) is 7.86. The summed E-state index contributed by atoms with van der Waals surface area (Å²) in [6.07, 6.45) is 0. The Hall–Kier alpha value is -0.170. The molecule has 0 aliphatic heterocycles. The summed E-state index contributed by atoms with van der Waals surface area (Å²) in [5.41, 5.74) is 0. The highest BCUT2D eigenvalue weighted by Gasteiger charge is 2.08. The van der Waals surface area contributed by atoms with Crippen molar-refractivity contribution in [2.75, 3.05) is 18.9 Å². The molecule has 0 aliphatic rings. The fourth-order valence-electron chi connectivity index (χ4n) is 1.44. The third kappa shape index (κ3) is 11.9. The first kappa shape index (κ1) is 18.2. The lowest BCUT2D eigenvalue weighted by Gasteiger charge is -2.28. The third-order valence-corrected chi connectivity index (χ3v) is 2.74. The van der Waals surface area contributed by atoms with Crippen molar-refractivity contribution in [3.63, 3.8) is 0 Å². The number of aliphatic hydroxyl groups excluding tert-OH is 1. The fourth-order valence-corrected chi connectivity index (χ4v) is 1.67. The van der Waals surface area contributed by atoms with Gasteiger partial charge in [0.15, 0.2) is 0 Å². The quantitative estimate of drug-likeness (QED) is 0.716. The second kappa shape index (κ2) is 8.92. The van der Waals surface area contributed by atoms with Crippen molar-refractivity contribution in [2.24, 2.45) is 0 Å². The summed E-state index contributed by atoms with van der Waals surface area (Å²) in [5.74, 6) is -0.576. The summed E-state index contributed by atoms with van der Waals surface area (Å²) >= 11 is 0. The average molecular weight is 255 g/mol. The third-order valence-electron chi connectivity index (χ3n) is 2.04. The topological polar surface area (TPSA) is 77.8 Å². The van der Waals surface area contributed by atoms with E-state index in [4.69, 9.17) is 9.66 Å². The maximum atomic E-state index is 9.63. The number of nitrogens with zero attached hydrogens (tertiary/aromatic N) is 1. The van der Waals surface area contributed by atoms with E-state index in [2.05, 4.69) is 39.5 Å². The van der Waals surface area contributed by atoms with E-state index in [9.17, 15) is 8.42 Å². The van der Waals surface area contributed by atoms with Crippen LogP contribution in [0, 0.1) is 0 Å². The zero-order valence-electron chi connectivity index (χ0n) is 10.8. The highest BCUT2D eigenvalue weighted by molar-refractivity contribution is 7.85. The van der Waals surface area contributed by atoms with Crippen LogP contribution < -0.4 is 0 Å². The Labute approximate surface area is 99.2 Å². The zero-order valence-corrected chi connectivity index (χ0v) is 11.7. The fraction of sp³-hybridized carbons (Fsp3) is 1.00. The van der Waals surface area contributed by atoms with E-state index < -0.39 is 22.5 Å². The van der Waals surface area contributed by atoms with Gasteiger partial charge in [0.05, 0.1) is 12.4 Å². The van der Waals surface area contributed by atoms with Crippen LogP contribution in [-0.4, -0.2) is 54.0 Å². The molecule has 0 aliphatic carbocycles. The van der Waals surface area contributed by atoms with Gasteiger partial charge in [0.25, 0.3) is 10.1 Å². The lowest BCUT2D eigenvalue weighted by Crippen LogP contribution is -2.36. The van der Waals surface area contributed by atoms with Gasteiger partial charge in [-0.15, -0.1) is 0 Å². The molecular weight excluding hydrogens is 230 g/mol.